The van der Waals surface area contributed by atoms with Crippen molar-refractivity contribution in [3.63, 3.8) is 0 Å². The lowest BCUT2D eigenvalue weighted by atomic mass is 10.2. The number of para-hydroxylation sites is 1. The molecule has 29 heavy (non-hydrogen) atoms. The summed E-state index contributed by atoms with van der Waals surface area (Å²) in [5.74, 6) is 0.329. The summed E-state index contributed by atoms with van der Waals surface area (Å²) in [6.45, 7) is 2.18. The smallest absolute Gasteiger partial charge is 0.355 e. The zero-order chi connectivity index (χ0) is 20.5. The Morgan fingerprint density at radius 3 is 2.66 bits per heavy atom. The Morgan fingerprint density at radius 1 is 1.10 bits per heavy atom. The van der Waals surface area contributed by atoms with E-state index in [0.29, 0.717) is 23.6 Å². The highest BCUT2D eigenvalue weighted by atomic mass is 16.5. The molecule has 1 amide bonds. The molecule has 0 fully saturated rings. The molecule has 1 aliphatic heterocycles. The summed E-state index contributed by atoms with van der Waals surface area (Å²) in [6, 6.07) is 12.9. The summed E-state index contributed by atoms with van der Waals surface area (Å²) in [7, 11) is 3.11. The minimum absolute atomic E-state index is 0.237. The van der Waals surface area contributed by atoms with Crippen LogP contribution in [0.4, 0.5) is 5.69 Å². The van der Waals surface area contributed by atoms with Crippen LogP contribution in [0.3, 0.4) is 0 Å². The molecule has 0 aliphatic carbocycles. The van der Waals surface area contributed by atoms with E-state index in [2.05, 4.69) is 4.98 Å². The number of aromatic amines is 1. The number of nitrogens with zero attached hydrogens (tertiary/aromatic N) is 1. The van der Waals surface area contributed by atoms with E-state index < -0.39 is 12.1 Å². The Balaban J connectivity index is 1.52. The molecule has 4 rings (SSSR count). The van der Waals surface area contributed by atoms with Crippen LogP contribution < -0.4 is 14.4 Å². The molecule has 2 heterocycles. The number of benzene rings is 2. The van der Waals surface area contributed by atoms with E-state index in [0.717, 1.165) is 23.1 Å². The number of fused-ring (bicyclic) bond motifs is 2. The topological polar surface area (TPSA) is 80.9 Å². The summed E-state index contributed by atoms with van der Waals surface area (Å²) in [4.78, 5) is 30.2. The van der Waals surface area contributed by atoms with E-state index in [4.69, 9.17) is 14.2 Å². The lowest BCUT2D eigenvalue weighted by Gasteiger charge is -2.21. The van der Waals surface area contributed by atoms with Gasteiger partial charge in [0.25, 0.3) is 5.91 Å². The largest absolute Gasteiger partial charge is 0.497 e. The van der Waals surface area contributed by atoms with Crippen molar-refractivity contribution in [1.82, 2.24) is 4.98 Å². The Hall–Kier alpha value is -3.48. The SMILES string of the molecule is COc1cc(OC)c2[nH]c(C(=O)OC(C)C(=O)N3CCc4ccccc43)cc2c1. The third kappa shape index (κ3) is 3.40. The highest BCUT2D eigenvalue weighted by Crippen LogP contribution is 2.32. The molecule has 1 unspecified atom stereocenters. The van der Waals surface area contributed by atoms with Gasteiger partial charge in [-0.1, -0.05) is 18.2 Å². The van der Waals surface area contributed by atoms with Gasteiger partial charge in [0.2, 0.25) is 0 Å². The molecule has 1 aromatic heterocycles. The highest BCUT2D eigenvalue weighted by molar-refractivity contribution is 6.01. The van der Waals surface area contributed by atoms with Crippen LogP contribution in [-0.4, -0.2) is 43.7 Å². The van der Waals surface area contributed by atoms with Crippen molar-refractivity contribution >= 4 is 28.5 Å². The number of methoxy groups -OCH3 is 2. The van der Waals surface area contributed by atoms with E-state index in [-0.39, 0.29) is 11.6 Å². The number of esters is 1. The van der Waals surface area contributed by atoms with Gasteiger partial charge in [0.15, 0.2) is 6.10 Å². The van der Waals surface area contributed by atoms with Crippen molar-refractivity contribution in [3.05, 3.63) is 53.7 Å². The van der Waals surface area contributed by atoms with Crippen LogP contribution in [0.2, 0.25) is 0 Å². The van der Waals surface area contributed by atoms with Gasteiger partial charge >= 0.3 is 5.97 Å². The minimum Gasteiger partial charge on any atom is -0.497 e. The number of rotatable bonds is 5. The first kappa shape index (κ1) is 18.9. The molecule has 0 saturated heterocycles. The second-order valence-electron chi connectivity index (χ2n) is 6.89. The van der Waals surface area contributed by atoms with Crippen molar-refractivity contribution in [2.45, 2.75) is 19.4 Å². The standard InChI is InChI=1S/C22H22N2O5/c1-13(21(25)24-9-8-14-6-4-5-7-18(14)24)29-22(26)17-11-15-10-16(27-2)12-19(28-3)20(15)23-17/h4-7,10-13,23H,8-9H2,1-3H3. The molecule has 3 aromatic rings. The van der Waals surface area contributed by atoms with Gasteiger partial charge < -0.3 is 24.1 Å². The second-order valence-corrected chi connectivity index (χ2v) is 6.89. The number of ether oxygens (including phenoxy) is 3. The fourth-order valence-electron chi connectivity index (χ4n) is 3.63. The maximum Gasteiger partial charge on any atom is 0.355 e. The molecule has 1 atom stereocenters. The van der Waals surface area contributed by atoms with Crippen LogP contribution in [0.15, 0.2) is 42.5 Å². The van der Waals surface area contributed by atoms with Crippen molar-refractivity contribution in [2.75, 3.05) is 25.7 Å². The number of amides is 1. The third-order valence-corrected chi connectivity index (χ3v) is 5.13. The van der Waals surface area contributed by atoms with E-state index in [1.165, 1.54) is 0 Å². The quantitative estimate of drug-likeness (QED) is 0.672. The fraction of sp³-hybridized carbons (Fsp3) is 0.273. The van der Waals surface area contributed by atoms with Gasteiger partial charge in [-0.25, -0.2) is 4.79 Å². The first-order valence-electron chi connectivity index (χ1n) is 9.37. The molecule has 7 nitrogen and oxygen atoms in total. The molecule has 0 bridgehead atoms. The summed E-state index contributed by atoms with van der Waals surface area (Å²) < 4.78 is 16.1. The number of anilines is 1. The molecule has 2 aromatic carbocycles. The number of carbonyl (C=O) groups excluding carboxylic acids is 2. The van der Waals surface area contributed by atoms with Crippen LogP contribution >= 0.6 is 0 Å². The van der Waals surface area contributed by atoms with Crippen molar-refractivity contribution < 1.29 is 23.8 Å². The maximum absolute atomic E-state index is 12.8. The molecule has 0 spiro atoms. The lowest BCUT2D eigenvalue weighted by molar-refractivity contribution is -0.126. The number of H-pyrrole nitrogens is 1. The van der Waals surface area contributed by atoms with Gasteiger partial charge in [0, 0.05) is 23.7 Å². The summed E-state index contributed by atoms with van der Waals surface area (Å²) in [5.41, 5.74) is 2.90. The summed E-state index contributed by atoms with van der Waals surface area (Å²) in [6.07, 6.45) is -0.108. The first-order valence-corrected chi connectivity index (χ1v) is 9.37. The first-order chi connectivity index (χ1) is 14.0. The molecule has 1 aliphatic rings. The van der Waals surface area contributed by atoms with Crippen LogP contribution in [-0.2, 0) is 16.0 Å². The zero-order valence-corrected chi connectivity index (χ0v) is 16.5. The molecular weight excluding hydrogens is 372 g/mol. The fourth-order valence-corrected chi connectivity index (χ4v) is 3.63. The van der Waals surface area contributed by atoms with E-state index in [9.17, 15) is 9.59 Å². The number of carbonyl (C=O) groups is 2. The van der Waals surface area contributed by atoms with Crippen molar-refractivity contribution in [1.29, 1.82) is 0 Å². The Labute approximate surface area is 168 Å². The number of hydrogen-bond donors (Lipinski definition) is 1. The van der Waals surface area contributed by atoms with Crippen molar-refractivity contribution in [3.8, 4) is 11.5 Å². The average molecular weight is 394 g/mol. The second kappa shape index (κ2) is 7.50. The number of hydrogen-bond acceptors (Lipinski definition) is 5. The van der Waals surface area contributed by atoms with Gasteiger partial charge in [-0.3, -0.25) is 4.79 Å². The molecule has 150 valence electrons. The molecule has 7 heteroatoms. The Bertz CT molecular complexity index is 1090. The molecular formula is C22H22N2O5. The van der Waals surface area contributed by atoms with Gasteiger partial charge in [-0.2, -0.15) is 0 Å². The van der Waals surface area contributed by atoms with Crippen LogP contribution in [0, 0.1) is 0 Å². The van der Waals surface area contributed by atoms with Gasteiger partial charge in [0.05, 0.1) is 19.7 Å². The van der Waals surface area contributed by atoms with Crippen LogP contribution in [0.25, 0.3) is 10.9 Å². The van der Waals surface area contributed by atoms with Crippen LogP contribution in [0.1, 0.15) is 23.0 Å². The maximum atomic E-state index is 12.8. The Morgan fingerprint density at radius 2 is 1.90 bits per heavy atom. The van der Waals surface area contributed by atoms with Gasteiger partial charge in [-0.05, 0) is 37.1 Å². The molecule has 0 saturated carbocycles. The van der Waals surface area contributed by atoms with Gasteiger partial charge in [0.1, 0.15) is 17.2 Å². The van der Waals surface area contributed by atoms with Crippen LogP contribution in [0.5, 0.6) is 11.5 Å². The average Bonchev–Trinajstić information content (AvgIpc) is 3.36. The summed E-state index contributed by atoms with van der Waals surface area (Å²) >= 11 is 0. The van der Waals surface area contributed by atoms with Gasteiger partial charge in [-0.15, -0.1) is 0 Å². The Kier molecular flexibility index (Phi) is 4.88. The molecule has 1 N–H and O–H groups in total. The van der Waals surface area contributed by atoms with E-state index in [1.54, 1.807) is 44.2 Å². The molecule has 0 radical (unpaired) electrons. The lowest BCUT2D eigenvalue weighted by Crippen LogP contribution is -2.39. The normalized spacial score (nSPS) is 13.8. The number of aromatic nitrogens is 1. The highest BCUT2D eigenvalue weighted by Gasteiger charge is 2.30. The predicted molar refractivity (Wildman–Crippen MR) is 109 cm³/mol. The van der Waals surface area contributed by atoms with Crippen molar-refractivity contribution in [2.24, 2.45) is 0 Å². The summed E-state index contributed by atoms with van der Waals surface area (Å²) in [5, 5.41) is 0.751. The zero-order valence-electron chi connectivity index (χ0n) is 16.5. The van der Waals surface area contributed by atoms with E-state index >= 15 is 0 Å². The van der Waals surface area contributed by atoms with E-state index in [1.807, 2.05) is 24.3 Å². The minimum atomic E-state index is -0.906. The monoisotopic (exact) mass is 394 g/mol. The predicted octanol–water partition coefficient (Wildman–Crippen LogP) is 3.32. The third-order valence-electron chi connectivity index (χ3n) is 5.13. The number of nitrogens with one attached hydrogen (secondary N) is 1.